The smallest absolute Gasteiger partial charge is 0.338 e. The lowest BCUT2D eigenvalue weighted by Crippen LogP contribution is -2.28. The van der Waals surface area contributed by atoms with Crippen molar-refractivity contribution in [2.75, 3.05) is 13.2 Å². The fraction of sp³-hybridized carbons (Fsp3) is 0.214. The first-order valence-corrected chi connectivity index (χ1v) is 12.6. The minimum Gasteiger partial charge on any atom is -0.478 e. The van der Waals surface area contributed by atoms with Gasteiger partial charge in [-0.2, -0.15) is 0 Å². The van der Waals surface area contributed by atoms with Gasteiger partial charge in [0.1, 0.15) is 0 Å². The van der Waals surface area contributed by atoms with Gasteiger partial charge in [-0.3, -0.25) is 9.69 Å². The highest BCUT2D eigenvalue weighted by Crippen LogP contribution is 2.35. The Morgan fingerprint density at radius 1 is 1.05 bits per heavy atom. The van der Waals surface area contributed by atoms with Gasteiger partial charge in [-0.05, 0) is 93.6 Å². The van der Waals surface area contributed by atoms with Crippen LogP contribution in [0, 0.1) is 13.8 Å². The minimum atomic E-state index is -1.03. The zero-order valence-electron chi connectivity index (χ0n) is 21.0. The second-order valence-electron chi connectivity index (χ2n) is 8.34. The second kappa shape index (κ2) is 10.9. The van der Waals surface area contributed by atoms with Crippen LogP contribution in [0.2, 0.25) is 0 Å². The molecule has 1 saturated heterocycles. The number of amides is 1. The summed E-state index contributed by atoms with van der Waals surface area (Å²) >= 11 is 1.26. The Bertz CT molecular complexity index is 1450. The van der Waals surface area contributed by atoms with Crippen molar-refractivity contribution >= 4 is 46.5 Å². The summed E-state index contributed by atoms with van der Waals surface area (Å²) in [6.07, 6.45) is 1.85. The second-order valence-corrected chi connectivity index (χ2v) is 9.35. The molecule has 1 aliphatic heterocycles. The van der Waals surface area contributed by atoms with Gasteiger partial charge in [0.05, 0.1) is 28.3 Å². The number of amidine groups is 1. The maximum absolute atomic E-state index is 13.2. The number of aryl methyl sites for hydroxylation is 1. The van der Waals surface area contributed by atoms with Gasteiger partial charge in [-0.15, -0.1) is 0 Å². The summed E-state index contributed by atoms with van der Waals surface area (Å²) in [6, 6.07) is 15.6. The van der Waals surface area contributed by atoms with Crippen LogP contribution in [0.25, 0.3) is 11.8 Å². The Hall–Kier alpha value is -4.11. The van der Waals surface area contributed by atoms with E-state index in [1.165, 1.54) is 23.9 Å². The lowest BCUT2D eigenvalue weighted by molar-refractivity contribution is -0.122. The number of carbonyl (C=O) groups is 3. The highest BCUT2D eigenvalue weighted by Gasteiger charge is 2.32. The number of nitrogens with zero attached hydrogens (tertiary/aromatic N) is 3. The van der Waals surface area contributed by atoms with Crippen molar-refractivity contribution in [1.29, 1.82) is 0 Å². The van der Waals surface area contributed by atoms with Crippen LogP contribution in [-0.2, 0) is 9.53 Å². The maximum atomic E-state index is 13.2. The topological polar surface area (TPSA) is 101 Å². The first kappa shape index (κ1) is 26.0. The van der Waals surface area contributed by atoms with E-state index in [-0.39, 0.29) is 17.4 Å². The Balaban J connectivity index is 1.68. The largest absolute Gasteiger partial charge is 0.478 e. The molecule has 1 fully saturated rings. The summed E-state index contributed by atoms with van der Waals surface area (Å²) in [7, 11) is 0. The molecule has 1 amide bonds. The maximum Gasteiger partial charge on any atom is 0.338 e. The molecule has 9 heteroatoms. The molecule has 3 aromatic rings. The summed E-state index contributed by atoms with van der Waals surface area (Å²) < 4.78 is 7.16. The molecular formula is C28H27N3O5S. The number of aliphatic imine (C=N–C) groups is 1. The number of aromatic carboxylic acids is 1. The molecule has 0 unspecified atom stereocenters. The summed E-state index contributed by atoms with van der Waals surface area (Å²) in [6.45, 7) is 8.31. The summed E-state index contributed by atoms with van der Waals surface area (Å²) in [5.74, 6) is -1.56. The molecule has 2 heterocycles. The molecule has 0 saturated carbocycles. The quantitative estimate of drug-likeness (QED) is 0.324. The molecule has 37 heavy (non-hydrogen) atoms. The molecule has 8 nitrogen and oxygen atoms in total. The molecule has 0 aliphatic carbocycles. The average molecular weight is 518 g/mol. The normalized spacial score (nSPS) is 15.6. The van der Waals surface area contributed by atoms with Crippen molar-refractivity contribution in [3.8, 4) is 5.69 Å². The van der Waals surface area contributed by atoms with E-state index in [4.69, 9.17) is 4.74 Å². The van der Waals surface area contributed by atoms with Crippen LogP contribution in [-0.4, -0.2) is 50.7 Å². The van der Waals surface area contributed by atoms with Crippen LogP contribution >= 0.6 is 11.8 Å². The molecule has 1 N–H and O–H groups in total. The monoisotopic (exact) mass is 517 g/mol. The Morgan fingerprint density at radius 2 is 1.78 bits per heavy atom. The molecule has 1 aromatic heterocycles. The van der Waals surface area contributed by atoms with E-state index in [2.05, 4.69) is 4.99 Å². The first-order valence-electron chi connectivity index (χ1n) is 11.8. The van der Waals surface area contributed by atoms with Crippen LogP contribution < -0.4 is 0 Å². The number of hydrogen-bond acceptors (Lipinski definition) is 6. The summed E-state index contributed by atoms with van der Waals surface area (Å²) in [5.41, 5.74) is 4.64. The summed E-state index contributed by atoms with van der Waals surface area (Å²) in [4.78, 5) is 43.4. The predicted octanol–water partition coefficient (Wildman–Crippen LogP) is 5.59. The highest BCUT2D eigenvalue weighted by molar-refractivity contribution is 8.18. The Morgan fingerprint density at radius 3 is 2.49 bits per heavy atom. The van der Waals surface area contributed by atoms with E-state index in [1.807, 2.05) is 49.6 Å². The number of esters is 1. The van der Waals surface area contributed by atoms with E-state index >= 15 is 0 Å². The first-order chi connectivity index (χ1) is 17.7. The lowest BCUT2D eigenvalue weighted by Gasteiger charge is -2.12. The van der Waals surface area contributed by atoms with E-state index in [9.17, 15) is 19.5 Å². The average Bonchev–Trinajstić information content (AvgIpc) is 3.33. The van der Waals surface area contributed by atoms with E-state index < -0.39 is 5.97 Å². The van der Waals surface area contributed by atoms with Gasteiger partial charge in [0.15, 0.2) is 5.17 Å². The Labute approximate surface area is 219 Å². The number of rotatable bonds is 7. The fourth-order valence-electron chi connectivity index (χ4n) is 4.15. The number of carboxylic acid groups (broad SMARTS) is 1. The fourth-order valence-corrected chi connectivity index (χ4v) is 5.20. The van der Waals surface area contributed by atoms with Gasteiger partial charge < -0.3 is 14.4 Å². The molecule has 0 atom stereocenters. The van der Waals surface area contributed by atoms with Crippen LogP contribution in [0.4, 0.5) is 5.69 Å². The zero-order valence-corrected chi connectivity index (χ0v) is 21.8. The lowest BCUT2D eigenvalue weighted by atomic mass is 10.2. The van der Waals surface area contributed by atoms with Gasteiger partial charge in [0.25, 0.3) is 5.91 Å². The van der Waals surface area contributed by atoms with Gasteiger partial charge in [0, 0.05) is 23.6 Å². The number of likely N-dealkylation sites (N-methyl/N-ethyl adjacent to an activating group) is 1. The zero-order chi connectivity index (χ0) is 26.7. The molecular weight excluding hydrogens is 490 g/mol. The van der Waals surface area contributed by atoms with Crippen molar-refractivity contribution in [3.05, 3.63) is 87.6 Å². The summed E-state index contributed by atoms with van der Waals surface area (Å²) in [5, 5.41) is 9.76. The van der Waals surface area contributed by atoms with Crippen molar-refractivity contribution in [1.82, 2.24) is 9.47 Å². The number of benzene rings is 2. The van der Waals surface area contributed by atoms with Gasteiger partial charge in [-0.1, -0.05) is 12.1 Å². The van der Waals surface area contributed by atoms with Crippen LogP contribution in [0.1, 0.15) is 51.5 Å². The van der Waals surface area contributed by atoms with Gasteiger partial charge in [0.2, 0.25) is 0 Å². The standard InChI is InChI=1S/C28H27N3O5S/c1-5-30-25(32)24(37-28(30)29-22-11-7-9-19(14-22)26(33)34)16-21-13-17(3)31(18(21)4)23-12-8-10-20(15-23)27(35)36-6-2/h7-16H,5-6H2,1-4H3,(H,33,34)/b24-16-,29-28?. The molecule has 0 spiro atoms. The molecule has 4 rings (SSSR count). The van der Waals surface area contributed by atoms with Crippen molar-refractivity contribution in [2.24, 2.45) is 4.99 Å². The van der Waals surface area contributed by atoms with Crippen molar-refractivity contribution in [2.45, 2.75) is 27.7 Å². The number of carboxylic acids is 1. The van der Waals surface area contributed by atoms with E-state index in [0.29, 0.717) is 34.5 Å². The van der Waals surface area contributed by atoms with Crippen molar-refractivity contribution < 1.29 is 24.2 Å². The molecule has 2 aromatic carbocycles. The molecule has 1 aliphatic rings. The van der Waals surface area contributed by atoms with E-state index in [1.54, 1.807) is 36.1 Å². The van der Waals surface area contributed by atoms with Gasteiger partial charge >= 0.3 is 11.9 Å². The Kier molecular flexibility index (Phi) is 7.63. The van der Waals surface area contributed by atoms with Crippen LogP contribution in [0.3, 0.4) is 0 Å². The SMILES string of the molecule is CCOC(=O)c1cccc(-n2c(C)cc(/C=C3\SC(=Nc4cccc(C(=O)O)c4)N(CC)C3=O)c2C)c1. The number of hydrogen-bond donors (Lipinski definition) is 1. The number of aromatic nitrogens is 1. The third-order valence-electron chi connectivity index (χ3n) is 5.89. The number of thioether (sulfide) groups is 1. The van der Waals surface area contributed by atoms with Crippen LogP contribution in [0.5, 0.6) is 0 Å². The third-order valence-corrected chi connectivity index (χ3v) is 6.90. The number of ether oxygens (including phenoxy) is 1. The van der Waals surface area contributed by atoms with Crippen LogP contribution in [0.15, 0.2) is 64.5 Å². The number of carbonyl (C=O) groups excluding carboxylic acids is 2. The van der Waals surface area contributed by atoms with Gasteiger partial charge in [-0.25, -0.2) is 14.6 Å². The van der Waals surface area contributed by atoms with E-state index in [0.717, 1.165) is 22.6 Å². The predicted molar refractivity (Wildman–Crippen MR) is 145 cm³/mol. The molecule has 190 valence electrons. The minimum absolute atomic E-state index is 0.134. The third kappa shape index (κ3) is 5.36. The molecule has 0 bridgehead atoms. The molecule has 0 radical (unpaired) electrons. The van der Waals surface area contributed by atoms with Crippen molar-refractivity contribution in [3.63, 3.8) is 0 Å². The highest BCUT2D eigenvalue weighted by atomic mass is 32.2.